The van der Waals surface area contributed by atoms with Gasteiger partial charge in [-0.15, -0.1) is 0 Å². The minimum atomic E-state index is -3.65. The molecule has 2 aromatic rings. The average Bonchev–Trinajstić information content (AvgIpc) is 2.66. The third-order valence-electron chi connectivity index (χ3n) is 4.03. The van der Waals surface area contributed by atoms with Gasteiger partial charge in [0.05, 0.1) is 4.90 Å². The molecule has 0 radical (unpaired) electrons. The van der Waals surface area contributed by atoms with Gasteiger partial charge in [-0.1, -0.05) is 25.8 Å². The molecule has 27 heavy (non-hydrogen) atoms. The summed E-state index contributed by atoms with van der Waals surface area (Å²) in [5.41, 5.74) is 1.31. The smallest absolute Gasteiger partial charge is 0.255 e. The van der Waals surface area contributed by atoms with E-state index in [-0.39, 0.29) is 16.2 Å². The maximum atomic E-state index is 12.4. The summed E-state index contributed by atoms with van der Waals surface area (Å²) < 4.78 is 27.3. The number of anilines is 1. The van der Waals surface area contributed by atoms with Crippen molar-refractivity contribution < 1.29 is 18.0 Å². The SMILES string of the molecule is CCCCCNS(=O)(=O)c1cccc(C(=O)Nc2ccc(C(C)=O)cc2)c1. The molecule has 144 valence electrons. The summed E-state index contributed by atoms with van der Waals surface area (Å²) in [6.45, 7) is 3.88. The lowest BCUT2D eigenvalue weighted by molar-refractivity contribution is 0.101. The number of rotatable bonds is 9. The molecule has 2 rings (SSSR count). The fraction of sp³-hybridized carbons (Fsp3) is 0.300. The van der Waals surface area contributed by atoms with Crippen molar-refractivity contribution in [3.05, 3.63) is 59.7 Å². The second-order valence-corrected chi connectivity index (χ2v) is 7.99. The lowest BCUT2D eigenvalue weighted by Crippen LogP contribution is -2.25. The van der Waals surface area contributed by atoms with Crippen molar-refractivity contribution >= 4 is 27.4 Å². The summed E-state index contributed by atoms with van der Waals surface area (Å²) in [6, 6.07) is 12.4. The fourth-order valence-electron chi connectivity index (χ4n) is 2.46. The van der Waals surface area contributed by atoms with Crippen LogP contribution in [0.5, 0.6) is 0 Å². The van der Waals surface area contributed by atoms with E-state index in [1.165, 1.54) is 25.1 Å². The van der Waals surface area contributed by atoms with Gasteiger partial charge >= 0.3 is 0 Å². The second kappa shape index (κ2) is 9.43. The van der Waals surface area contributed by atoms with Crippen LogP contribution in [0.2, 0.25) is 0 Å². The third-order valence-corrected chi connectivity index (χ3v) is 5.49. The first-order valence-electron chi connectivity index (χ1n) is 8.85. The highest BCUT2D eigenvalue weighted by Crippen LogP contribution is 2.15. The van der Waals surface area contributed by atoms with E-state index in [0.717, 1.165) is 19.3 Å². The number of carbonyl (C=O) groups is 2. The fourth-order valence-corrected chi connectivity index (χ4v) is 3.58. The number of hydrogen-bond acceptors (Lipinski definition) is 4. The molecule has 2 aromatic carbocycles. The van der Waals surface area contributed by atoms with E-state index in [1.54, 1.807) is 30.3 Å². The largest absolute Gasteiger partial charge is 0.322 e. The molecule has 0 unspecified atom stereocenters. The summed E-state index contributed by atoms with van der Waals surface area (Å²) in [5, 5.41) is 2.70. The number of amides is 1. The Morgan fingerprint density at radius 2 is 1.67 bits per heavy atom. The molecule has 1 amide bonds. The van der Waals surface area contributed by atoms with Crippen LogP contribution < -0.4 is 10.0 Å². The van der Waals surface area contributed by atoms with Gasteiger partial charge in [0.2, 0.25) is 10.0 Å². The first kappa shape index (κ1) is 20.8. The van der Waals surface area contributed by atoms with E-state index in [9.17, 15) is 18.0 Å². The lowest BCUT2D eigenvalue weighted by atomic mass is 10.1. The summed E-state index contributed by atoms with van der Waals surface area (Å²) in [4.78, 5) is 23.8. The van der Waals surface area contributed by atoms with Crippen LogP contribution in [-0.4, -0.2) is 26.7 Å². The Bertz CT molecular complexity index is 906. The van der Waals surface area contributed by atoms with Crippen molar-refractivity contribution in [2.24, 2.45) is 0 Å². The van der Waals surface area contributed by atoms with Crippen molar-refractivity contribution in [1.82, 2.24) is 4.72 Å². The quantitative estimate of drug-likeness (QED) is 0.507. The van der Waals surface area contributed by atoms with Crippen LogP contribution in [0.3, 0.4) is 0 Å². The van der Waals surface area contributed by atoms with Crippen molar-refractivity contribution in [3.63, 3.8) is 0 Å². The highest BCUT2D eigenvalue weighted by molar-refractivity contribution is 7.89. The molecule has 7 heteroatoms. The highest BCUT2D eigenvalue weighted by atomic mass is 32.2. The van der Waals surface area contributed by atoms with Gasteiger partial charge in [0.25, 0.3) is 5.91 Å². The van der Waals surface area contributed by atoms with Crippen LogP contribution in [0.25, 0.3) is 0 Å². The minimum Gasteiger partial charge on any atom is -0.322 e. The average molecular weight is 388 g/mol. The maximum absolute atomic E-state index is 12.4. The first-order valence-corrected chi connectivity index (χ1v) is 10.3. The number of nitrogens with one attached hydrogen (secondary N) is 2. The number of ketones is 1. The number of sulfonamides is 1. The Labute approximate surface area is 160 Å². The molecule has 0 spiro atoms. The van der Waals surface area contributed by atoms with E-state index < -0.39 is 15.9 Å². The standard InChI is InChI=1S/C20H24N2O4S/c1-3-4-5-13-21-27(25,26)19-8-6-7-17(14-19)20(24)22-18-11-9-16(10-12-18)15(2)23/h6-12,14,21H,3-5,13H2,1-2H3,(H,22,24). The summed E-state index contributed by atoms with van der Waals surface area (Å²) in [6.07, 6.45) is 2.73. The van der Waals surface area contributed by atoms with E-state index in [0.29, 0.717) is 17.8 Å². The van der Waals surface area contributed by atoms with Crippen molar-refractivity contribution in [2.75, 3.05) is 11.9 Å². The lowest BCUT2D eigenvalue weighted by Gasteiger charge is -2.09. The molecule has 0 saturated heterocycles. The maximum Gasteiger partial charge on any atom is 0.255 e. The van der Waals surface area contributed by atoms with Gasteiger partial charge in [-0.2, -0.15) is 0 Å². The van der Waals surface area contributed by atoms with Crippen LogP contribution >= 0.6 is 0 Å². The second-order valence-electron chi connectivity index (χ2n) is 6.22. The molecule has 0 atom stereocenters. The van der Waals surface area contributed by atoms with Crippen LogP contribution in [0.4, 0.5) is 5.69 Å². The molecule has 0 fully saturated rings. The molecular formula is C20H24N2O4S. The van der Waals surface area contributed by atoms with Crippen LogP contribution in [0.1, 0.15) is 53.8 Å². The molecule has 0 bridgehead atoms. The van der Waals surface area contributed by atoms with Crippen molar-refractivity contribution in [3.8, 4) is 0 Å². The van der Waals surface area contributed by atoms with E-state index in [4.69, 9.17) is 0 Å². The number of hydrogen-bond donors (Lipinski definition) is 2. The summed E-state index contributed by atoms with van der Waals surface area (Å²) in [7, 11) is -3.65. The van der Waals surface area contributed by atoms with Gasteiger partial charge in [0.1, 0.15) is 0 Å². The van der Waals surface area contributed by atoms with Crippen LogP contribution in [0, 0.1) is 0 Å². The molecule has 0 aliphatic rings. The van der Waals surface area contributed by atoms with Gasteiger partial charge in [0.15, 0.2) is 5.78 Å². The van der Waals surface area contributed by atoms with Gasteiger partial charge in [-0.05, 0) is 55.8 Å². The molecule has 0 saturated carbocycles. The number of unbranched alkanes of at least 4 members (excludes halogenated alkanes) is 2. The zero-order valence-corrected chi connectivity index (χ0v) is 16.3. The van der Waals surface area contributed by atoms with E-state index in [2.05, 4.69) is 10.0 Å². The van der Waals surface area contributed by atoms with Gasteiger partial charge in [-0.3, -0.25) is 9.59 Å². The van der Waals surface area contributed by atoms with Crippen LogP contribution in [-0.2, 0) is 10.0 Å². The third kappa shape index (κ3) is 6.01. The zero-order chi connectivity index (χ0) is 19.9. The Morgan fingerprint density at radius 3 is 2.30 bits per heavy atom. The predicted octanol–water partition coefficient (Wildman–Crippen LogP) is 3.61. The molecule has 0 aliphatic heterocycles. The van der Waals surface area contributed by atoms with Gasteiger partial charge in [-0.25, -0.2) is 13.1 Å². The Hall–Kier alpha value is -2.51. The summed E-state index contributed by atoms with van der Waals surface area (Å²) in [5.74, 6) is -0.481. The number of Topliss-reactive ketones (excluding diaryl/α,β-unsaturated/α-hetero) is 1. The molecule has 0 aliphatic carbocycles. The predicted molar refractivity (Wildman–Crippen MR) is 106 cm³/mol. The Kier molecular flexibility index (Phi) is 7.27. The molecule has 0 aromatic heterocycles. The molecule has 6 nitrogen and oxygen atoms in total. The van der Waals surface area contributed by atoms with Gasteiger partial charge in [0, 0.05) is 23.4 Å². The molecule has 0 heterocycles. The topological polar surface area (TPSA) is 92.3 Å². The normalized spacial score (nSPS) is 11.2. The first-order chi connectivity index (χ1) is 12.8. The van der Waals surface area contributed by atoms with Crippen molar-refractivity contribution in [1.29, 1.82) is 0 Å². The summed E-state index contributed by atoms with van der Waals surface area (Å²) >= 11 is 0. The molecule has 2 N–H and O–H groups in total. The van der Waals surface area contributed by atoms with Crippen molar-refractivity contribution in [2.45, 2.75) is 38.0 Å². The van der Waals surface area contributed by atoms with E-state index >= 15 is 0 Å². The Morgan fingerprint density at radius 1 is 0.963 bits per heavy atom. The highest BCUT2D eigenvalue weighted by Gasteiger charge is 2.16. The number of benzene rings is 2. The van der Waals surface area contributed by atoms with Gasteiger partial charge < -0.3 is 5.32 Å². The molecular weight excluding hydrogens is 364 g/mol. The minimum absolute atomic E-state index is 0.0542. The van der Waals surface area contributed by atoms with E-state index in [1.807, 2.05) is 6.92 Å². The van der Waals surface area contributed by atoms with Crippen LogP contribution in [0.15, 0.2) is 53.4 Å². The Balaban J connectivity index is 2.09. The number of carbonyl (C=O) groups excluding carboxylic acids is 2. The monoisotopic (exact) mass is 388 g/mol. The zero-order valence-electron chi connectivity index (χ0n) is 15.5.